The SMILES string of the molecule is Cc1cccc(C(=O)NC2CCN(C)C(C)C2)c1O. The van der Waals surface area contributed by atoms with Gasteiger partial charge < -0.3 is 15.3 Å². The predicted octanol–water partition coefficient (Wildman–Crippen LogP) is 1.91. The Kier molecular flexibility index (Phi) is 4.10. The molecule has 1 aliphatic heterocycles. The zero-order valence-corrected chi connectivity index (χ0v) is 11.8. The molecule has 0 aliphatic carbocycles. The van der Waals surface area contributed by atoms with Gasteiger partial charge in [0.1, 0.15) is 5.75 Å². The number of piperidine rings is 1. The number of rotatable bonds is 2. The first kappa shape index (κ1) is 13.9. The molecule has 2 rings (SSSR count). The number of aryl methyl sites for hydroxylation is 1. The Morgan fingerprint density at radius 2 is 2.21 bits per heavy atom. The Bertz CT molecular complexity index is 473. The van der Waals surface area contributed by atoms with E-state index in [2.05, 4.69) is 24.2 Å². The Labute approximate surface area is 114 Å². The number of hydrogen-bond donors (Lipinski definition) is 2. The van der Waals surface area contributed by atoms with Crippen molar-refractivity contribution < 1.29 is 9.90 Å². The molecule has 0 saturated carbocycles. The van der Waals surface area contributed by atoms with E-state index in [9.17, 15) is 9.90 Å². The summed E-state index contributed by atoms with van der Waals surface area (Å²) in [6.07, 6.45) is 1.91. The molecular weight excluding hydrogens is 240 g/mol. The van der Waals surface area contributed by atoms with Crippen LogP contribution in [0, 0.1) is 6.92 Å². The molecule has 1 heterocycles. The molecule has 19 heavy (non-hydrogen) atoms. The van der Waals surface area contributed by atoms with Crippen LogP contribution in [-0.4, -0.2) is 41.6 Å². The highest BCUT2D eigenvalue weighted by Crippen LogP contribution is 2.22. The second-order valence-corrected chi connectivity index (χ2v) is 5.50. The fourth-order valence-corrected chi connectivity index (χ4v) is 2.53. The average Bonchev–Trinajstić information content (AvgIpc) is 2.37. The number of nitrogens with one attached hydrogen (secondary N) is 1. The van der Waals surface area contributed by atoms with Crippen molar-refractivity contribution >= 4 is 5.91 Å². The molecule has 1 aliphatic rings. The number of carbonyl (C=O) groups excluding carboxylic acids is 1. The molecule has 0 spiro atoms. The van der Waals surface area contributed by atoms with E-state index in [0.29, 0.717) is 11.6 Å². The summed E-state index contributed by atoms with van der Waals surface area (Å²) < 4.78 is 0. The van der Waals surface area contributed by atoms with Crippen LogP contribution in [0.5, 0.6) is 5.75 Å². The number of para-hydroxylation sites is 1. The first-order chi connectivity index (χ1) is 8.99. The lowest BCUT2D eigenvalue weighted by atomic mass is 9.98. The van der Waals surface area contributed by atoms with Crippen LogP contribution in [0.2, 0.25) is 0 Å². The standard InChI is InChI=1S/C15H22N2O2/c1-10-5-4-6-13(14(10)18)15(19)16-12-7-8-17(3)11(2)9-12/h4-6,11-12,18H,7-9H2,1-3H3,(H,16,19). The molecule has 0 radical (unpaired) electrons. The highest BCUT2D eigenvalue weighted by Gasteiger charge is 2.25. The summed E-state index contributed by atoms with van der Waals surface area (Å²) in [6.45, 7) is 4.96. The molecule has 1 aromatic rings. The number of carbonyl (C=O) groups is 1. The van der Waals surface area contributed by atoms with E-state index < -0.39 is 0 Å². The van der Waals surface area contributed by atoms with E-state index in [1.165, 1.54) is 0 Å². The Morgan fingerprint density at radius 1 is 1.47 bits per heavy atom. The molecule has 1 aromatic carbocycles. The van der Waals surface area contributed by atoms with Gasteiger partial charge in [0.15, 0.2) is 0 Å². The number of benzene rings is 1. The van der Waals surface area contributed by atoms with Gasteiger partial charge in [-0.05, 0) is 45.4 Å². The monoisotopic (exact) mass is 262 g/mol. The number of amides is 1. The highest BCUT2D eigenvalue weighted by atomic mass is 16.3. The van der Waals surface area contributed by atoms with E-state index in [-0.39, 0.29) is 17.7 Å². The van der Waals surface area contributed by atoms with Gasteiger partial charge in [0.05, 0.1) is 5.56 Å². The van der Waals surface area contributed by atoms with Crippen molar-refractivity contribution in [3.63, 3.8) is 0 Å². The fraction of sp³-hybridized carbons (Fsp3) is 0.533. The Morgan fingerprint density at radius 3 is 2.89 bits per heavy atom. The first-order valence-electron chi connectivity index (χ1n) is 6.78. The van der Waals surface area contributed by atoms with Crippen LogP contribution in [-0.2, 0) is 0 Å². The number of likely N-dealkylation sites (tertiary alicyclic amines) is 1. The normalized spacial score (nSPS) is 24.2. The van der Waals surface area contributed by atoms with Gasteiger partial charge in [0.2, 0.25) is 0 Å². The van der Waals surface area contributed by atoms with Gasteiger partial charge in [0.25, 0.3) is 5.91 Å². The van der Waals surface area contributed by atoms with Crippen molar-refractivity contribution in [2.24, 2.45) is 0 Å². The van der Waals surface area contributed by atoms with E-state index in [1.807, 2.05) is 0 Å². The van der Waals surface area contributed by atoms with Crippen molar-refractivity contribution in [1.29, 1.82) is 0 Å². The van der Waals surface area contributed by atoms with E-state index in [4.69, 9.17) is 0 Å². The molecule has 4 nitrogen and oxygen atoms in total. The Hall–Kier alpha value is -1.55. The number of phenolic OH excluding ortho intramolecular Hbond substituents is 1. The topological polar surface area (TPSA) is 52.6 Å². The van der Waals surface area contributed by atoms with Gasteiger partial charge in [-0.3, -0.25) is 4.79 Å². The maximum absolute atomic E-state index is 12.2. The minimum atomic E-state index is -0.178. The van der Waals surface area contributed by atoms with Crippen molar-refractivity contribution in [2.45, 2.75) is 38.8 Å². The molecule has 2 atom stereocenters. The highest BCUT2D eigenvalue weighted by molar-refractivity contribution is 5.97. The molecule has 0 bridgehead atoms. The first-order valence-corrected chi connectivity index (χ1v) is 6.78. The second-order valence-electron chi connectivity index (χ2n) is 5.50. The van der Waals surface area contributed by atoms with Gasteiger partial charge >= 0.3 is 0 Å². The molecule has 1 saturated heterocycles. The van der Waals surface area contributed by atoms with Gasteiger partial charge in [-0.15, -0.1) is 0 Å². The van der Waals surface area contributed by atoms with Crippen molar-refractivity contribution in [3.05, 3.63) is 29.3 Å². The quantitative estimate of drug-likeness (QED) is 0.856. The molecule has 1 amide bonds. The number of hydrogen-bond acceptors (Lipinski definition) is 3. The Balaban J connectivity index is 2.03. The maximum atomic E-state index is 12.2. The van der Waals surface area contributed by atoms with E-state index in [1.54, 1.807) is 25.1 Å². The lowest BCUT2D eigenvalue weighted by Crippen LogP contribution is -2.47. The summed E-state index contributed by atoms with van der Waals surface area (Å²) in [5.74, 6) is -0.0936. The van der Waals surface area contributed by atoms with Gasteiger partial charge in [-0.25, -0.2) is 0 Å². The predicted molar refractivity (Wildman–Crippen MR) is 75.4 cm³/mol. The summed E-state index contributed by atoms with van der Waals surface area (Å²) in [5, 5.41) is 13.0. The number of nitrogens with zero attached hydrogens (tertiary/aromatic N) is 1. The molecular formula is C15H22N2O2. The summed E-state index contributed by atoms with van der Waals surface area (Å²) in [5.41, 5.74) is 1.09. The van der Waals surface area contributed by atoms with E-state index in [0.717, 1.165) is 24.9 Å². The zero-order chi connectivity index (χ0) is 14.0. The number of phenols is 1. The minimum absolute atomic E-state index is 0.0842. The van der Waals surface area contributed by atoms with Crippen LogP contribution in [0.15, 0.2) is 18.2 Å². The largest absolute Gasteiger partial charge is 0.507 e. The minimum Gasteiger partial charge on any atom is -0.507 e. The molecule has 4 heteroatoms. The third-order valence-electron chi connectivity index (χ3n) is 4.03. The smallest absolute Gasteiger partial charge is 0.255 e. The zero-order valence-electron chi connectivity index (χ0n) is 11.8. The number of aromatic hydroxyl groups is 1. The van der Waals surface area contributed by atoms with Crippen molar-refractivity contribution in [3.8, 4) is 5.75 Å². The van der Waals surface area contributed by atoms with Crippen molar-refractivity contribution in [1.82, 2.24) is 10.2 Å². The van der Waals surface area contributed by atoms with Crippen LogP contribution in [0.25, 0.3) is 0 Å². The van der Waals surface area contributed by atoms with Gasteiger partial charge in [0, 0.05) is 18.6 Å². The van der Waals surface area contributed by atoms with Crippen LogP contribution < -0.4 is 5.32 Å². The van der Waals surface area contributed by atoms with Crippen LogP contribution in [0.4, 0.5) is 0 Å². The third kappa shape index (κ3) is 3.07. The lowest BCUT2D eigenvalue weighted by molar-refractivity contribution is 0.0894. The third-order valence-corrected chi connectivity index (χ3v) is 4.03. The van der Waals surface area contributed by atoms with Crippen LogP contribution in [0.3, 0.4) is 0 Å². The maximum Gasteiger partial charge on any atom is 0.255 e. The van der Waals surface area contributed by atoms with Gasteiger partial charge in [-0.2, -0.15) is 0 Å². The molecule has 2 N–H and O–H groups in total. The van der Waals surface area contributed by atoms with Crippen molar-refractivity contribution in [2.75, 3.05) is 13.6 Å². The summed E-state index contributed by atoms with van der Waals surface area (Å²) >= 11 is 0. The lowest BCUT2D eigenvalue weighted by Gasteiger charge is -2.35. The fourth-order valence-electron chi connectivity index (χ4n) is 2.53. The second kappa shape index (κ2) is 5.61. The van der Waals surface area contributed by atoms with Crippen LogP contribution in [0.1, 0.15) is 35.7 Å². The molecule has 104 valence electrons. The van der Waals surface area contributed by atoms with Gasteiger partial charge in [-0.1, -0.05) is 12.1 Å². The summed E-state index contributed by atoms with van der Waals surface area (Å²) in [7, 11) is 2.11. The van der Waals surface area contributed by atoms with E-state index >= 15 is 0 Å². The molecule has 2 unspecified atom stereocenters. The van der Waals surface area contributed by atoms with Crippen LogP contribution >= 0.6 is 0 Å². The average molecular weight is 262 g/mol. The summed E-state index contributed by atoms with van der Waals surface area (Å²) in [6, 6.07) is 5.92. The molecule has 0 aromatic heterocycles. The molecule has 1 fully saturated rings. The summed E-state index contributed by atoms with van der Waals surface area (Å²) in [4.78, 5) is 14.5.